The SMILES string of the molecule is O=C(COC(=O)C1=C(Nc2ccccc2)OCC1=O)NCCOc1ccccc1. The molecule has 2 aromatic carbocycles. The summed E-state index contributed by atoms with van der Waals surface area (Å²) in [5.41, 5.74) is 0.410. The highest BCUT2D eigenvalue weighted by atomic mass is 16.5. The summed E-state index contributed by atoms with van der Waals surface area (Å²) >= 11 is 0. The number of nitrogens with one attached hydrogen (secondary N) is 2. The molecule has 0 saturated carbocycles. The lowest BCUT2D eigenvalue weighted by molar-refractivity contribution is -0.145. The maximum Gasteiger partial charge on any atom is 0.347 e. The lowest BCUT2D eigenvalue weighted by atomic mass is 10.2. The molecule has 8 heteroatoms. The molecule has 150 valence electrons. The summed E-state index contributed by atoms with van der Waals surface area (Å²) in [7, 11) is 0. The van der Waals surface area contributed by atoms with Crippen LogP contribution in [0.15, 0.2) is 72.1 Å². The highest BCUT2D eigenvalue weighted by Crippen LogP contribution is 2.20. The predicted molar refractivity (Wildman–Crippen MR) is 104 cm³/mol. The quantitative estimate of drug-likeness (QED) is 0.377. The van der Waals surface area contributed by atoms with Gasteiger partial charge in [0.2, 0.25) is 11.7 Å². The number of benzene rings is 2. The molecule has 0 fully saturated rings. The highest BCUT2D eigenvalue weighted by Gasteiger charge is 2.32. The van der Waals surface area contributed by atoms with E-state index in [0.717, 1.165) is 0 Å². The van der Waals surface area contributed by atoms with E-state index in [-0.39, 0.29) is 31.2 Å². The van der Waals surface area contributed by atoms with Gasteiger partial charge in [0, 0.05) is 5.69 Å². The molecule has 8 nitrogen and oxygen atoms in total. The average molecular weight is 396 g/mol. The first kappa shape index (κ1) is 19.9. The number of hydrogen-bond acceptors (Lipinski definition) is 7. The van der Waals surface area contributed by atoms with Crippen LogP contribution in [0, 0.1) is 0 Å². The van der Waals surface area contributed by atoms with Gasteiger partial charge in [-0.1, -0.05) is 36.4 Å². The van der Waals surface area contributed by atoms with Crippen molar-refractivity contribution < 1.29 is 28.6 Å². The normalized spacial score (nSPS) is 12.9. The Morgan fingerprint density at radius 3 is 2.41 bits per heavy atom. The Morgan fingerprint density at radius 1 is 1.00 bits per heavy atom. The maximum atomic E-state index is 12.3. The van der Waals surface area contributed by atoms with Crippen LogP contribution in [0.1, 0.15) is 0 Å². The summed E-state index contributed by atoms with van der Waals surface area (Å²) in [5, 5.41) is 5.44. The van der Waals surface area contributed by atoms with Crippen molar-refractivity contribution >= 4 is 23.3 Å². The predicted octanol–water partition coefficient (Wildman–Crippen LogP) is 1.65. The molecule has 0 radical (unpaired) electrons. The van der Waals surface area contributed by atoms with Gasteiger partial charge in [-0.3, -0.25) is 9.59 Å². The van der Waals surface area contributed by atoms with Crippen LogP contribution in [0.2, 0.25) is 0 Å². The van der Waals surface area contributed by atoms with Crippen molar-refractivity contribution in [2.75, 3.05) is 31.7 Å². The molecule has 1 heterocycles. The zero-order valence-corrected chi connectivity index (χ0v) is 15.6. The summed E-state index contributed by atoms with van der Waals surface area (Å²) in [4.78, 5) is 36.1. The van der Waals surface area contributed by atoms with Gasteiger partial charge in [-0.05, 0) is 24.3 Å². The molecule has 2 N–H and O–H groups in total. The third kappa shape index (κ3) is 5.83. The first-order chi connectivity index (χ1) is 14.1. The largest absolute Gasteiger partial charge is 0.492 e. The standard InChI is InChI=1S/C21H20N2O6/c24-17-13-28-20(23-15-7-3-1-4-8-15)19(17)21(26)29-14-18(25)22-11-12-27-16-9-5-2-6-10-16/h1-10,23H,11-14H2,(H,22,25). The van der Waals surface area contributed by atoms with Crippen molar-refractivity contribution in [2.45, 2.75) is 0 Å². The molecule has 2 aromatic rings. The Morgan fingerprint density at radius 2 is 1.69 bits per heavy atom. The zero-order chi connectivity index (χ0) is 20.5. The topological polar surface area (TPSA) is 103 Å². The number of esters is 1. The number of ketones is 1. The van der Waals surface area contributed by atoms with Crippen LogP contribution in [-0.4, -0.2) is 44.0 Å². The fraction of sp³-hybridized carbons (Fsp3) is 0.190. The lowest BCUT2D eigenvalue weighted by Gasteiger charge is -2.09. The van der Waals surface area contributed by atoms with Gasteiger partial charge in [0.1, 0.15) is 12.4 Å². The van der Waals surface area contributed by atoms with Crippen LogP contribution >= 0.6 is 0 Å². The Bertz CT molecular complexity index is 896. The second-order valence-corrected chi connectivity index (χ2v) is 5.99. The molecule has 3 rings (SSSR count). The number of para-hydroxylation sites is 2. The molecule has 0 saturated heterocycles. The number of Topliss-reactive ketones (excluding diaryl/α,β-unsaturated/α-hetero) is 1. The number of rotatable bonds is 9. The molecular formula is C21H20N2O6. The fourth-order valence-corrected chi connectivity index (χ4v) is 2.50. The van der Waals surface area contributed by atoms with Crippen LogP contribution in [0.5, 0.6) is 5.75 Å². The van der Waals surface area contributed by atoms with Gasteiger partial charge >= 0.3 is 5.97 Å². The maximum absolute atomic E-state index is 12.3. The lowest BCUT2D eigenvalue weighted by Crippen LogP contribution is -2.32. The van der Waals surface area contributed by atoms with E-state index in [4.69, 9.17) is 14.2 Å². The summed E-state index contributed by atoms with van der Waals surface area (Å²) in [5.74, 6) is -1.22. The Labute approximate surface area is 167 Å². The molecule has 0 aliphatic carbocycles. The first-order valence-corrected chi connectivity index (χ1v) is 8.97. The molecule has 1 aliphatic heterocycles. The van der Waals surface area contributed by atoms with Gasteiger partial charge in [0.15, 0.2) is 18.8 Å². The summed E-state index contributed by atoms with van der Waals surface area (Å²) in [6.45, 7) is -0.259. The van der Waals surface area contributed by atoms with Crippen LogP contribution in [0.3, 0.4) is 0 Å². The fourth-order valence-electron chi connectivity index (χ4n) is 2.50. The zero-order valence-electron chi connectivity index (χ0n) is 15.6. The molecule has 0 unspecified atom stereocenters. The molecule has 29 heavy (non-hydrogen) atoms. The Balaban J connectivity index is 1.45. The van der Waals surface area contributed by atoms with Gasteiger partial charge in [-0.25, -0.2) is 4.79 Å². The van der Waals surface area contributed by atoms with E-state index in [2.05, 4.69) is 10.6 Å². The number of anilines is 1. The van der Waals surface area contributed by atoms with Gasteiger partial charge in [-0.15, -0.1) is 0 Å². The van der Waals surface area contributed by atoms with E-state index in [1.165, 1.54) is 0 Å². The van der Waals surface area contributed by atoms with E-state index < -0.39 is 24.3 Å². The summed E-state index contributed by atoms with van der Waals surface area (Å²) in [6.07, 6.45) is 0. The third-order valence-corrected chi connectivity index (χ3v) is 3.86. The number of hydrogen-bond donors (Lipinski definition) is 2. The molecule has 1 aliphatic rings. The van der Waals surface area contributed by atoms with Crippen molar-refractivity contribution in [3.8, 4) is 5.75 Å². The van der Waals surface area contributed by atoms with Crippen LogP contribution < -0.4 is 15.4 Å². The molecule has 0 spiro atoms. The number of carbonyl (C=O) groups excluding carboxylic acids is 3. The van der Waals surface area contributed by atoms with Crippen LogP contribution in [0.25, 0.3) is 0 Å². The average Bonchev–Trinajstić information content (AvgIpc) is 3.11. The van der Waals surface area contributed by atoms with E-state index in [1.54, 1.807) is 36.4 Å². The van der Waals surface area contributed by atoms with E-state index in [1.807, 2.05) is 24.3 Å². The summed E-state index contributed by atoms with van der Waals surface area (Å²) in [6, 6.07) is 18.1. The van der Waals surface area contributed by atoms with Crippen LogP contribution in [-0.2, 0) is 23.9 Å². The second-order valence-electron chi connectivity index (χ2n) is 5.99. The van der Waals surface area contributed by atoms with Gasteiger partial charge in [-0.2, -0.15) is 0 Å². The molecule has 0 aromatic heterocycles. The summed E-state index contributed by atoms with van der Waals surface area (Å²) < 4.78 is 15.6. The van der Waals surface area contributed by atoms with Crippen molar-refractivity contribution in [2.24, 2.45) is 0 Å². The van der Waals surface area contributed by atoms with E-state index in [0.29, 0.717) is 11.4 Å². The third-order valence-electron chi connectivity index (χ3n) is 3.86. The van der Waals surface area contributed by atoms with Crippen molar-refractivity contribution in [1.29, 1.82) is 0 Å². The highest BCUT2D eigenvalue weighted by molar-refractivity contribution is 6.20. The van der Waals surface area contributed by atoms with Crippen molar-refractivity contribution in [3.05, 3.63) is 72.1 Å². The first-order valence-electron chi connectivity index (χ1n) is 8.97. The van der Waals surface area contributed by atoms with E-state index in [9.17, 15) is 14.4 Å². The minimum absolute atomic E-state index is 0.0165. The minimum atomic E-state index is -0.915. The van der Waals surface area contributed by atoms with Gasteiger partial charge in [0.25, 0.3) is 5.91 Å². The second kappa shape index (κ2) is 9.93. The molecular weight excluding hydrogens is 376 g/mol. The Hall–Kier alpha value is -3.81. The number of amides is 1. The van der Waals surface area contributed by atoms with Gasteiger partial charge < -0.3 is 24.8 Å². The number of carbonyl (C=O) groups is 3. The Kier molecular flexibility index (Phi) is 6.83. The smallest absolute Gasteiger partial charge is 0.347 e. The van der Waals surface area contributed by atoms with Crippen molar-refractivity contribution in [1.82, 2.24) is 5.32 Å². The van der Waals surface area contributed by atoms with Crippen LogP contribution in [0.4, 0.5) is 5.69 Å². The van der Waals surface area contributed by atoms with Gasteiger partial charge in [0.05, 0.1) is 6.54 Å². The van der Waals surface area contributed by atoms with E-state index >= 15 is 0 Å². The number of ether oxygens (including phenoxy) is 3. The monoisotopic (exact) mass is 396 g/mol. The minimum Gasteiger partial charge on any atom is -0.492 e. The molecule has 1 amide bonds. The molecule has 0 atom stereocenters. The van der Waals surface area contributed by atoms with Crippen molar-refractivity contribution in [3.63, 3.8) is 0 Å². The molecule has 0 bridgehead atoms.